The molecule has 10 nitrogen and oxygen atoms in total. The van der Waals surface area contributed by atoms with Crippen molar-refractivity contribution in [3.05, 3.63) is 0 Å². The quantitative estimate of drug-likeness (QED) is 0.439. The van der Waals surface area contributed by atoms with Crippen LogP contribution >= 0.6 is 0 Å². The number of rotatable bonds is 6. The lowest BCUT2D eigenvalue weighted by Gasteiger charge is -2.61. The van der Waals surface area contributed by atoms with Crippen molar-refractivity contribution in [1.29, 1.82) is 5.26 Å². The molecule has 12 heteroatoms. The molecule has 3 N–H and O–H groups in total. The Morgan fingerprint density at radius 3 is 2.31 bits per heavy atom. The number of carbonyl (C=O) groups excluding carboxylic acids is 4. The van der Waals surface area contributed by atoms with Gasteiger partial charge in [-0.1, -0.05) is 34.6 Å². The summed E-state index contributed by atoms with van der Waals surface area (Å²) in [5.41, 5.74) is -1.86. The fraction of sp³-hybridized carbons (Fsp3) is 0.833. The van der Waals surface area contributed by atoms with Gasteiger partial charge in [-0.15, -0.1) is 0 Å². The minimum Gasteiger partial charge on any atom is -0.350 e. The second kappa shape index (κ2) is 9.02. The maximum Gasteiger partial charge on any atom is 0.318 e. The third-order valence-corrected chi connectivity index (χ3v) is 11.2. The van der Waals surface area contributed by atoms with Gasteiger partial charge < -0.3 is 25.8 Å². The molecule has 2 spiro atoms. The molecule has 6 atom stereocenters. The standard InChI is InChI=1S/C30H42F2N6O4/c1-26(2,3)21(35-25(42)38-9-8-29(38)14-30(31,32)15-29)24(41)37-13-18-19(27(18,4)5)20(37)23(40)34-17(12-33)10-16-11-28(6-7-28)36-22(16)39/h16-21H,6-11,13-15H2,1-5H3,(H,34,40)(H,35,42)(H,36,39). The van der Waals surface area contributed by atoms with E-state index in [4.69, 9.17) is 0 Å². The van der Waals surface area contributed by atoms with E-state index in [9.17, 15) is 33.2 Å². The Morgan fingerprint density at radius 1 is 1.14 bits per heavy atom. The van der Waals surface area contributed by atoms with Crippen molar-refractivity contribution in [2.45, 2.75) is 115 Å². The van der Waals surface area contributed by atoms with Crippen molar-refractivity contribution in [1.82, 2.24) is 25.8 Å². The average molecular weight is 589 g/mol. The van der Waals surface area contributed by atoms with Crippen molar-refractivity contribution >= 4 is 23.8 Å². The number of halogens is 2. The topological polar surface area (TPSA) is 135 Å². The number of nitrogens with zero attached hydrogens (tertiary/aromatic N) is 3. The molecule has 3 heterocycles. The molecule has 0 aromatic heterocycles. The van der Waals surface area contributed by atoms with E-state index in [0.29, 0.717) is 25.9 Å². The largest absolute Gasteiger partial charge is 0.350 e. The average Bonchev–Trinajstić information content (AvgIpc) is 3.57. The molecule has 3 saturated heterocycles. The Labute approximate surface area is 245 Å². The predicted molar refractivity (Wildman–Crippen MR) is 147 cm³/mol. The minimum absolute atomic E-state index is 0.0820. The number of alkyl halides is 2. The van der Waals surface area contributed by atoms with E-state index in [1.165, 1.54) is 9.80 Å². The van der Waals surface area contributed by atoms with Crippen molar-refractivity contribution in [2.75, 3.05) is 13.1 Å². The Morgan fingerprint density at radius 2 is 1.81 bits per heavy atom. The molecule has 5 amide bonds. The van der Waals surface area contributed by atoms with Gasteiger partial charge in [0, 0.05) is 37.4 Å². The number of likely N-dealkylation sites (tertiary alicyclic amines) is 2. The van der Waals surface area contributed by atoms with Gasteiger partial charge in [-0.3, -0.25) is 14.4 Å². The lowest BCUT2D eigenvalue weighted by atomic mass is 9.65. The van der Waals surface area contributed by atoms with E-state index in [1.54, 1.807) is 0 Å². The van der Waals surface area contributed by atoms with E-state index >= 15 is 0 Å². The zero-order valence-electron chi connectivity index (χ0n) is 25.1. The number of hydrogen-bond acceptors (Lipinski definition) is 5. The molecule has 6 fully saturated rings. The maximum absolute atomic E-state index is 14.1. The molecule has 3 aliphatic heterocycles. The van der Waals surface area contributed by atoms with Crippen LogP contribution in [-0.2, 0) is 14.4 Å². The summed E-state index contributed by atoms with van der Waals surface area (Å²) in [5.74, 6) is -4.02. The molecular weight excluding hydrogens is 546 g/mol. The van der Waals surface area contributed by atoms with Crippen LogP contribution in [0.2, 0.25) is 0 Å². The van der Waals surface area contributed by atoms with Crippen LogP contribution in [0.5, 0.6) is 0 Å². The molecule has 6 rings (SSSR count). The molecule has 3 saturated carbocycles. The lowest BCUT2D eigenvalue weighted by Crippen LogP contribution is -2.74. The molecule has 230 valence electrons. The SMILES string of the molecule is CC(C)(C)C(NC(=O)N1CCC12CC(F)(F)C2)C(=O)N1CC2C(C1C(=O)NC(C#N)CC1CC3(CC3)NC1=O)C2(C)C. The fourth-order valence-corrected chi connectivity index (χ4v) is 8.30. The molecule has 6 unspecified atom stereocenters. The van der Waals surface area contributed by atoms with Crippen LogP contribution < -0.4 is 16.0 Å². The summed E-state index contributed by atoms with van der Waals surface area (Å²) >= 11 is 0. The number of fused-ring (bicyclic) bond motifs is 1. The van der Waals surface area contributed by atoms with Gasteiger partial charge in [-0.2, -0.15) is 5.26 Å². The highest BCUT2D eigenvalue weighted by atomic mass is 19.3. The predicted octanol–water partition coefficient (Wildman–Crippen LogP) is 2.53. The highest BCUT2D eigenvalue weighted by molar-refractivity contribution is 5.94. The summed E-state index contributed by atoms with van der Waals surface area (Å²) in [7, 11) is 0. The summed E-state index contributed by atoms with van der Waals surface area (Å²) in [6, 6.07) is -1.08. The number of nitrogens with one attached hydrogen (secondary N) is 3. The van der Waals surface area contributed by atoms with Crippen LogP contribution in [-0.4, -0.2) is 81.8 Å². The molecule has 0 radical (unpaired) electrons. The number of piperidine rings is 1. The molecule has 0 aromatic carbocycles. The van der Waals surface area contributed by atoms with Gasteiger partial charge >= 0.3 is 6.03 Å². The number of nitriles is 1. The smallest absolute Gasteiger partial charge is 0.318 e. The lowest BCUT2D eigenvalue weighted by molar-refractivity contribution is -0.198. The number of hydrogen-bond donors (Lipinski definition) is 3. The number of carbonyl (C=O) groups is 4. The molecule has 0 bridgehead atoms. The molecule has 0 aromatic rings. The van der Waals surface area contributed by atoms with Gasteiger partial charge in [-0.25, -0.2) is 13.6 Å². The minimum atomic E-state index is -2.77. The summed E-state index contributed by atoms with van der Waals surface area (Å²) in [5, 5.41) is 18.6. The van der Waals surface area contributed by atoms with Crippen LogP contribution in [0.4, 0.5) is 13.6 Å². The van der Waals surface area contributed by atoms with E-state index in [1.807, 2.05) is 20.8 Å². The monoisotopic (exact) mass is 588 g/mol. The van der Waals surface area contributed by atoms with Crippen molar-refractivity contribution in [3.8, 4) is 6.07 Å². The van der Waals surface area contributed by atoms with E-state index in [0.717, 1.165) is 12.8 Å². The first-order valence-corrected chi connectivity index (χ1v) is 15.2. The van der Waals surface area contributed by atoms with Gasteiger partial charge in [0.05, 0.1) is 11.6 Å². The first-order chi connectivity index (χ1) is 19.4. The van der Waals surface area contributed by atoms with Gasteiger partial charge in [0.15, 0.2) is 0 Å². The van der Waals surface area contributed by atoms with Gasteiger partial charge in [0.25, 0.3) is 5.92 Å². The van der Waals surface area contributed by atoms with Crippen molar-refractivity contribution in [2.24, 2.45) is 28.6 Å². The van der Waals surface area contributed by atoms with Crippen molar-refractivity contribution in [3.63, 3.8) is 0 Å². The van der Waals surface area contributed by atoms with Crippen LogP contribution in [0.1, 0.15) is 79.6 Å². The molecular formula is C30H42F2N6O4. The highest BCUT2D eigenvalue weighted by Crippen LogP contribution is 2.65. The number of amides is 5. The van der Waals surface area contributed by atoms with E-state index in [2.05, 4.69) is 35.9 Å². The summed E-state index contributed by atoms with van der Waals surface area (Å²) in [6.45, 7) is 10.3. The third-order valence-electron chi connectivity index (χ3n) is 11.2. The van der Waals surface area contributed by atoms with E-state index in [-0.39, 0.29) is 53.9 Å². The molecule has 3 aliphatic carbocycles. The van der Waals surface area contributed by atoms with Gasteiger partial charge in [-0.05, 0) is 54.8 Å². The van der Waals surface area contributed by atoms with Gasteiger partial charge in [0.1, 0.15) is 18.1 Å². The highest BCUT2D eigenvalue weighted by Gasteiger charge is 2.70. The second-order valence-corrected chi connectivity index (χ2v) is 15.6. The zero-order valence-corrected chi connectivity index (χ0v) is 25.1. The Bertz CT molecular complexity index is 1260. The van der Waals surface area contributed by atoms with Crippen LogP contribution in [0.25, 0.3) is 0 Å². The summed E-state index contributed by atoms with van der Waals surface area (Å²) in [4.78, 5) is 56.6. The van der Waals surface area contributed by atoms with Crippen LogP contribution in [0.3, 0.4) is 0 Å². The Hall–Kier alpha value is -2.97. The molecule has 42 heavy (non-hydrogen) atoms. The Balaban J connectivity index is 1.16. The van der Waals surface area contributed by atoms with Crippen molar-refractivity contribution < 1.29 is 28.0 Å². The maximum atomic E-state index is 14.1. The normalized spacial score (nSPS) is 33.4. The summed E-state index contributed by atoms with van der Waals surface area (Å²) < 4.78 is 27.4. The van der Waals surface area contributed by atoms with Gasteiger partial charge in [0.2, 0.25) is 17.7 Å². The fourth-order valence-electron chi connectivity index (χ4n) is 8.30. The third kappa shape index (κ3) is 4.62. The Kier molecular flexibility index (Phi) is 6.25. The molecule has 6 aliphatic rings. The van der Waals surface area contributed by atoms with E-state index < -0.39 is 52.8 Å². The second-order valence-electron chi connectivity index (χ2n) is 15.6. The zero-order chi connectivity index (χ0) is 30.6. The first-order valence-electron chi connectivity index (χ1n) is 15.2. The van der Waals surface area contributed by atoms with Crippen LogP contribution in [0, 0.1) is 39.9 Å². The summed E-state index contributed by atoms with van der Waals surface area (Å²) in [6.07, 6.45) is 2.54. The number of urea groups is 1. The van der Waals surface area contributed by atoms with Crippen LogP contribution in [0.15, 0.2) is 0 Å². The first kappa shape index (κ1) is 29.1.